The van der Waals surface area contributed by atoms with Gasteiger partial charge in [-0.3, -0.25) is 9.59 Å². The lowest BCUT2D eigenvalue weighted by atomic mass is 9.99. The maximum absolute atomic E-state index is 12.9. The summed E-state index contributed by atoms with van der Waals surface area (Å²) in [5, 5.41) is 7.16. The number of piperidine rings is 2. The number of carbonyl (C=O) groups excluding carboxylic acids is 2. The molecule has 2 N–H and O–H groups in total. The third kappa shape index (κ3) is 6.40. The minimum Gasteiger partial charge on any atom is -0.493 e. The minimum absolute atomic E-state index is 0.00849. The second kappa shape index (κ2) is 11.2. The van der Waals surface area contributed by atoms with Gasteiger partial charge >= 0.3 is 0 Å². The summed E-state index contributed by atoms with van der Waals surface area (Å²) in [5.41, 5.74) is 1.13. The van der Waals surface area contributed by atoms with Crippen molar-refractivity contribution in [3.8, 4) is 5.75 Å². The predicted octanol–water partition coefficient (Wildman–Crippen LogP) is 4.41. The molecule has 0 aromatic heterocycles. The van der Waals surface area contributed by atoms with Crippen molar-refractivity contribution >= 4 is 35.0 Å². The van der Waals surface area contributed by atoms with E-state index in [4.69, 9.17) is 27.9 Å². The van der Waals surface area contributed by atoms with Crippen molar-refractivity contribution in [2.45, 2.75) is 31.7 Å². The molecule has 0 radical (unpaired) electrons. The Morgan fingerprint density at radius 3 is 2.27 bits per heavy atom. The second-order valence-corrected chi connectivity index (χ2v) is 9.51. The van der Waals surface area contributed by atoms with Crippen molar-refractivity contribution < 1.29 is 14.3 Å². The Balaban J connectivity index is 1.24. The molecule has 2 aliphatic rings. The Bertz CT molecular complexity index is 969. The van der Waals surface area contributed by atoms with Crippen LogP contribution in [0.1, 0.15) is 46.4 Å². The normalized spacial score (nSPS) is 17.6. The third-order valence-corrected chi connectivity index (χ3v) is 7.08. The van der Waals surface area contributed by atoms with E-state index in [9.17, 15) is 9.59 Å². The summed E-state index contributed by atoms with van der Waals surface area (Å²) in [4.78, 5) is 27.2. The summed E-state index contributed by atoms with van der Waals surface area (Å²) in [6.45, 7) is 4.02. The van der Waals surface area contributed by atoms with Gasteiger partial charge in [0.1, 0.15) is 5.75 Å². The standard InChI is InChI=1S/C25H29Cl2N3O3/c26-22-6-3-19(15-23(22)27)24(31)29-20-9-13-30(14-10-20)25(32)18-1-4-21(5-2-18)33-16-17-7-11-28-12-8-17/h1-6,15,17,20,28H,7-14,16H2,(H,29,31). The number of benzene rings is 2. The Morgan fingerprint density at radius 2 is 1.61 bits per heavy atom. The molecule has 2 fully saturated rings. The summed E-state index contributed by atoms with van der Waals surface area (Å²) in [5.74, 6) is 1.22. The summed E-state index contributed by atoms with van der Waals surface area (Å²) in [6, 6.07) is 12.3. The van der Waals surface area contributed by atoms with Crippen molar-refractivity contribution in [3.05, 3.63) is 63.6 Å². The van der Waals surface area contributed by atoms with E-state index in [2.05, 4.69) is 10.6 Å². The average Bonchev–Trinajstić information content (AvgIpc) is 2.85. The van der Waals surface area contributed by atoms with Crippen LogP contribution in [0.4, 0.5) is 0 Å². The molecule has 2 saturated heterocycles. The lowest BCUT2D eigenvalue weighted by Crippen LogP contribution is -2.46. The number of carbonyl (C=O) groups is 2. The highest BCUT2D eigenvalue weighted by atomic mass is 35.5. The first-order valence-electron chi connectivity index (χ1n) is 11.5. The number of likely N-dealkylation sites (tertiary alicyclic amines) is 1. The first-order chi connectivity index (χ1) is 16.0. The van der Waals surface area contributed by atoms with Gasteiger partial charge in [-0.1, -0.05) is 23.2 Å². The number of ether oxygens (including phenoxy) is 1. The number of nitrogens with one attached hydrogen (secondary N) is 2. The molecule has 33 heavy (non-hydrogen) atoms. The van der Waals surface area contributed by atoms with Crippen molar-refractivity contribution in [1.29, 1.82) is 0 Å². The molecule has 4 rings (SSSR count). The van der Waals surface area contributed by atoms with Gasteiger partial charge in [0.05, 0.1) is 16.7 Å². The monoisotopic (exact) mass is 489 g/mol. The van der Waals surface area contributed by atoms with E-state index in [1.54, 1.807) is 18.2 Å². The van der Waals surface area contributed by atoms with Crippen molar-refractivity contribution in [1.82, 2.24) is 15.5 Å². The molecule has 2 amide bonds. The van der Waals surface area contributed by atoms with Crippen LogP contribution in [0.2, 0.25) is 10.0 Å². The van der Waals surface area contributed by atoms with Crippen LogP contribution in [0.3, 0.4) is 0 Å². The minimum atomic E-state index is -0.182. The van der Waals surface area contributed by atoms with Gasteiger partial charge in [-0.25, -0.2) is 0 Å². The van der Waals surface area contributed by atoms with Crippen molar-refractivity contribution in [3.63, 3.8) is 0 Å². The van der Waals surface area contributed by atoms with Crippen LogP contribution in [0, 0.1) is 5.92 Å². The molecule has 6 nitrogen and oxygen atoms in total. The van der Waals surface area contributed by atoms with E-state index >= 15 is 0 Å². The van der Waals surface area contributed by atoms with Gasteiger partial charge in [-0.15, -0.1) is 0 Å². The van der Waals surface area contributed by atoms with Gasteiger partial charge < -0.3 is 20.3 Å². The highest BCUT2D eigenvalue weighted by Gasteiger charge is 2.25. The Labute approximate surface area is 204 Å². The molecule has 2 aliphatic heterocycles. The van der Waals surface area contributed by atoms with Crippen LogP contribution in [0.15, 0.2) is 42.5 Å². The smallest absolute Gasteiger partial charge is 0.253 e. The fraction of sp³-hybridized carbons (Fsp3) is 0.440. The van der Waals surface area contributed by atoms with Gasteiger partial charge in [-0.2, -0.15) is 0 Å². The number of amides is 2. The molecule has 2 aromatic carbocycles. The lowest BCUT2D eigenvalue weighted by Gasteiger charge is -2.32. The highest BCUT2D eigenvalue weighted by Crippen LogP contribution is 2.23. The second-order valence-electron chi connectivity index (χ2n) is 8.70. The average molecular weight is 490 g/mol. The Morgan fingerprint density at radius 1 is 0.939 bits per heavy atom. The van der Waals surface area contributed by atoms with E-state index in [0.29, 0.717) is 53.0 Å². The van der Waals surface area contributed by atoms with E-state index in [0.717, 1.165) is 38.3 Å². The SMILES string of the molecule is O=C(NC1CCN(C(=O)c2ccc(OCC3CCNCC3)cc2)CC1)c1ccc(Cl)c(Cl)c1. The number of halogens is 2. The zero-order chi connectivity index (χ0) is 23.2. The molecule has 2 heterocycles. The molecule has 0 saturated carbocycles. The summed E-state index contributed by atoms with van der Waals surface area (Å²) in [6.07, 6.45) is 3.69. The Kier molecular flexibility index (Phi) is 8.12. The fourth-order valence-corrected chi connectivity index (χ4v) is 4.57. The molecular formula is C25H29Cl2N3O3. The summed E-state index contributed by atoms with van der Waals surface area (Å²) >= 11 is 11.9. The van der Waals surface area contributed by atoms with Crippen molar-refractivity contribution in [2.24, 2.45) is 5.92 Å². The van der Waals surface area contributed by atoms with Crippen LogP contribution in [0.5, 0.6) is 5.75 Å². The van der Waals surface area contributed by atoms with Crippen molar-refractivity contribution in [2.75, 3.05) is 32.8 Å². The molecule has 2 aromatic rings. The largest absolute Gasteiger partial charge is 0.493 e. The van der Waals surface area contributed by atoms with Crippen LogP contribution < -0.4 is 15.4 Å². The zero-order valence-corrected chi connectivity index (χ0v) is 20.0. The van der Waals surface area contributed by atoms with Gasteiger partial charge in [0.15, 0.2) is 0 Å². The summed E-state index contributed by atoms with van der Waals surface area (Å²) in [7, 11) is 0. The molecule has 0 bridgehead atoms. The van der Waals surface area contributed by atoms with Gasteiger partial charge in [0.25, 0.3) is 11.8 Å². The number of hydrogen-bond acceptors (Lipinski definition) is 4. The molecule has 0 aliphatic carbocycles. The number of hydrogen-bond donors (Lipinski definition) is 2. The van der Waals surface area contributed by atoms with Crippen LogP contribution in [-0.4, -0.2) is 55.5 Å². The van der Waals surface area contributed by atoms with Crippen LogP contribution in [-0.2, 0) is 0 Å². The number of rotatable bonds is 6. The molecule has 0 atom stereocenters. The molecule has 8 heteroatoms. The number of nitrogens with zero attached hydrogens (tertiary/aromatic N) is 1. The fourth-order valence-electron chi connectivity index (χ4n) is 4.27. The maximum Gasteiger partial charge on any atom is 0.253 e. The predicted molar refractivity (Wildman–Crippen MR) is 130 cm³/mol. The van der Waals surface area contributed by atoms with Gasteiger partial charge in [-0.05, 0) is 87.2 Å². The van der Waals surface area contributed by atoms with E-state index < -0.39 is 0 Å². The van der Waals surface area contributed by atoms with Crippen LogP contribution >= 0.6 is 23.2 Å². The third-order valence-electron chi connectivity index (χ3n) is 6.34. The molecular weight excluding hydrogens is 461 g/mol. The lowest BCUT2D eigenvalue weighted by molar-refractivity contribution is 0.0698. The summed E-state index contributed by atoms with van der Waals surface area (Å²) < 4.78 is 5.92. The van der Waals surface area contributed by atoms with E-state index in [1.807, 2.05) is 29.2 Å². The molecule has 0 spiro atoms. The molecule has 176 valence electrons. The van der Waals surface area contributed by atoms with E-state index in [1.165, 1.54) is 0 Å². The molecule has 0 unspecified atom stereocenters. The van der Waals surface area contributed by atoms with Gasteiger partial charge in [0, 0.05) is 30.3 Å². The van der Waals surface area contributed by atoms with Crippen LogP contribution in [0.25, 0.3) is 0 Å². The quantitative estimate of drug-likeness (QED) is 0.630. The van der Waals surface area contributed by atoms with Gasteiger partial charge in [0.2, 0.25) is 0 Å². The highest BCUT2D eigenvalue weighted by molar-refractivity contribution is 6.42. The maximum atomic E-state index is 12.9. The Hall–Kier alpha value is -2.28. The topological polar surface area (TPSA) is 70.7 Å². The zero-order valence-electron chi connectivity index (χ0n) is 18.5. The first-order valence-corrected chi connectivity index (χ1v) is 12.2. The first kappa shape index (κ1) is 23.9. The van der Waals surface area contributed by atoms with E-state index in [-0.39, 0.29) is 17.9 Å².